The summed E-state index contributed by atoms with van der Waals surface area (Å²) in [4.78, 5) is 17.5. The number of ether oxygens (including phenoxy) is 2. The number of carboxylic acids is 1. The van der Waals surface area contributed by atoms with Crippen molar-refractivity contribution in [2.75, 3.05) is 26.2 Å². The van der Waals surface area contributed by atoms with Crippen LogP contribution in [0.15, 0.2) is 48.8 Å². The van der Waals surface area contributed by atoms with Crippen LogP contribution in [0.3, 0.4) is 0 Å². The van der Waals surface area contributed by atoms with E-state index in [4.69, 9.17) is 14.6 Å². The number of aromatic nitrogens is 2. The number of benzene rings is 1. The van der Waals surface area contributed by atoms with E-state index in [1.54, 1.807) is 0 Å². The maximum atomic E-state index is 10.8. The molecule has 152 valence electrons. The fourth-order valence-electron chi connectivity index (χ4n) is 3.52. The summed E-state index contributed by atoms with van der Waals surface area (Å²) >= 11 is 0. The number of fused-ring (bicyclic) bond motifs is 1. The number of carbonyl (C=O) groups is 1. The van der Waals surface area contributed by atoms with Gasteiger partial charge in [-0.2, -0.15) is 0 Å². The van der Waals surface area contributed by atoms with Crippen molar-refractivity contribution in [2.45, 2.75) is 26.1 Å². The Kier molecular flexibility index (Phi) is 5.78. The van der Waals surface area contributed by atoms with Gasteiger partial charge in [0.25, 0.3) is 0 Å². The van der Waals surface area contributed by atoms with Crippen LogP contribution in [-0.4, -0.2) is 51.6 Å². The Balaban J connectivity index is 1.34. The van der Waals surface area contributed by atoms with Gasteiger partial charge in [-0.05, 0) is 36.2 Å². The Morgan fingerprint density at radius 3 is 2.86 bits per heavy atom. The van der Waals surface area contributed by atoms with E-state index in [0.717, 1.165) is 29.2 Å². The van der Waals surface area contributed by atoms with Crippen molar-refractivity contribution in [3.05, 3.63) is 65.6 Å². The summed E-state index contributed by atoms with van der Waals surface area (Å²) in [6.45, 7) is 5.09. The Bertz CT molecular complexity index is 983. The average molecular weight is 395 g/mol. The first-order valence-corrected chi connectivity index (χ1v) is 9.79. The van der Waals surface area contributed by atoms with Crippen molar-refractivity contribution < 1.29 is 19.4 Å². The van der Waals surface area contributed by atoms with Gasteiger partial charge in [0.1, 0.15) is 18.0 Å². The number of aryl methyl sites for hydroxylation is 1. The molecule has 0 bridgehead atoms. The highest BCUT2D eigenvalue weighted by molar-refractivity contribution is 5.66. The molecule has 29 heavy (non-hydrogen) atoms. The second-order valence-corrected chi connectivity index (χ2v) is 7.37. The molecular weight excluding hydrogens is 370 g/mol. The molecule has 4 rings (SSSR count). The number of pyridine rings is 1. The molecule has 1 N–H and O–H groups in total. The van der Waals surface area contributed by atoms with E-state index in [1.807, 2.05) is 53.2 Å². The molecular formula is C22H25N3O4. The molecule has 0 aliphatic carbocycles. The molecule has 1 aliphatic rings. The fraction of sp³-hybridized carbons (Fsp3) is 0.364. The summed E-state index contributed by atoms with van der Waals surface area (Å²) in [5.41, 5.74) is 4.04. The van der Waals surface area contributed by atoms with Crippen molar-refractivity contribution in [3.63, 3.8) is 0 Å². The van der Waals surface area contributed by atoms with Crippen molar-refractivity contribution in [3.8, 4) is 5.75 Å². The van der Waals surface area contributed by atoms with Gasteiger partial charge in [-0.15, -0.1) is 0 Å². The van der Waals surface area contributed by atoms with Gasteiger partial charge in [0.15, 0.2) is 0 Å². The molecule has 1 saturated heterocycles. The lowest BCUT2D eigenvalue weighted by atomic mass is 10.1. The van der Waals surface area contributed by atoms with Crippen LogP contribution < -0.4 is 4.74 Å². The van der Waals surface area contributed by atoms with Crippen molar-refractivity contribution in [1.29, 1.82) is 0 Å². The van der Waals surface area contributed by atoms with E-state index in [0.29, 0.717) is 26.3 Å². The van der Waals surface area contributed by atoms with Crippen LogP contribution >= 0.6 is 0 Å². The predicted molar refractivity (Wildman–Crippen MR) is 108 cm³/mol. The molecule has 1 unspecified atom stereocenters. The first kappa shape index (κ1) is 19.4. The van der Waals surface area contributed by atoms with Crippen LogP contribution in [0.4, 0.5) is 0 Å². The number of nitrogens with zero attached hydrogens (tertiary/aromatic N) is 3. The summed E-state index contributed by atoms with van der Waals surface area (Å²) in [5, 5.41) is 8.87. The van der Waals surface area contributed by atoms with Crippen LogP contribution in [0.25, 0.3) is 5.65 Å². The maximum Gasteiger partial charge on any atom is 0.304 e. The normalized spacial score (nSPS) is 17.5. The molecule has 1 aromatic carbocycles. The number of carboxylic acid groups (broad SMARTS) is 1. The van der Waals surface area contributed by atoms with Gasteiger partial charge in [-0.1, -0.05) is 18.2 Å². The molecule has 1 fully saturated rings. The highest BCUT2D eigenvalue weighted by Crippen LogP contribution is 2.25. The van der Waals surface area contributed by atoms with Gasteiger partial charge < -0.3 is 19.0 Å². The maximum absolute atomic E-state index is 10.8. The lowest BCUT2D eigenvalue weighted by molar-refractivity contribution is -0.137. The number of hydrogen-bond donors (Lipinski definition) is 1. The zero-order chi connectivity index (χ0) is 20.2. The molecule has 3 heterocycles. The first-order chi connectivity index (χ1) is 14.1. The first-order valence-electron chi connectivity index (χ1n) is 9.79. The van der Waals surface area contributed by atoms with Gasteiger partial charge in [0.05, 0.1) is 24.8 Å². The molecule has 2 aromatic heterocycles. The predicted octanol–water partition coefficient (Wildman–Crippen LogP) is 3.07. The molecule has 1 atom stereocenters. The molecule has 1 aliphatic heterocycles. The second-order valence-electron chi connectivity index (χ2n) is 7.37. The minimum absolute atomic E-state index is 0.0479. The highest BCUT2D eigenvalue weighted by Gasteiger charge is 2.22. The Labute approximate surface area is 169 Å². The SMILES string of the molecule is Cc1ccc2nc(COc3ccc(C4CN(CCC(=O)O)CCO4)cc3)cn2c1. The number of morpholine rings is 1. The Morgan fingerprint density at radius 1 is 1.24 bits per heavy atom. The molecule has 0 spiro atoms. The minimum Gasteiger partial charge on any atom is -0.487 e. The second kappa shape index (κ2) is 8.63. The van der Waals surface area contributed by atoms with Crippen LogP contribution in [-0.2, 0) is 16.1 Å². The largest absolute Gasteiger partial charge is 0.487 e. The number of aliphatic carboxylic acids is 1. The number of hydrogen-bond acceptors (Lipinski definition) is 5. The van der Waals surface area contributed by atoms with Crippen molar-refractivity contribution in [1.82, 2.24) is 14.3 Å². The molecule has 7 nitrogen and oxygen atoms in total. The van der Waals surface area contributed by atoms with Gasteiger partial charge in [0.2, 0.25) is 0 Å². The average Bonchev–Trinajstić information content (AvgIpc) is 3.13. The van der Waals surface area contributed by atoms with Gasteiger partial charge in [-0.25, -0.2) is 4.98 Å². The molecule has 0 saturated carbocycles. The van der Waals surface area contributed by atoms with Crippen LogP contribution in [0.1, 0.15) is 29.3 Å². The monoisotopic (exact) mass is 395 g/mol. The Hall–Kier alpha value is -2.90. The topological polar surface area (TPSA) is 76.3 Å². The standard InChI is InChI=1S/C22H25N3O4/c1-16-2-7-21-23-18(13-25(21)12-16)15-29-19-5-3-17(4-6-19)20-14-24(10-11-28-20)9-8-22(26)27/h2-7,12-13,20H,8-11,14-15H2,1H3,(H,26,27). The summed E-state index contributed by atoms with van der Waals surface area (Å²) in [5.74, 6) is 0.0100. The van der Waals surface area contributed by atoms with E-state index in [-0.39, 0.29) is 12.5 Å². The van der Waals surface area contributed by atoms with Crippen LogP contribution in [0, 0.1) is 6.92 Å². The molecule has 0 radical (unpaired) electrons. The smallest absolute Gasteiger partial charge is 0.304 e. The summed E-state index contributed by atoms with van der Waals surface area (Å²) in [6, 6.07) is 11.9. The van der Waals surface area contributed by atoms with E-state index < -0.39 is 5.97 Å². The highest BCUT2D eigenvalue weighted by atomic mass is 16.5. The van der Waals surface area contributed by atoms with Crippen molar-refractivity contribution >= 4 is 11.6 Å². The zero-order valence-corrected chi connectivity index (χ0v) is 16.5. The van der Waals surface area contributed by atoms with Gasteiger partial charge in [-0.3, -0.25) is 9.69 Å². The number of imidazole rings is 1. The van der Waals surface area contributed by atoms with Crippen LogP contribution in [0.2, 0.25) is 0 Å². The van der Waals surface area contributed by atoms with E-state index in [9.17, 15) is 4.79 Å². The van der Waals surface area contributed by atoms with Gasteiger partial charge in [0, 0.05) is 32.0 Å². The third-order valence-corrected chi connectivity index (χ3v) is 5.08. The lowest BCUT2D eigenvalue weighted by Gasteiger charge is -2.32. The molecule has 0 amide bonds. The third kappa shape index (κ3) is 4.93. The van der Waals surface area contributed by atoms with Crippen LogP contribution in [0.5, 0.6) is 5.75 Å². The minimum atomic E-state index is -0.768. The van der Waals surface area contributed by atoms with E-state index in [2.05, 4.69) is 16.8 Å². The van der Waals surface area contributed by atoms with Gasteiger partial charge >= 0.3 is 5.97 Å². The summed E-state index contributed by atoms with van der Waals surface area (Å²) in [7, 11) is 0. The molecule has 3 aromatic rings. The molecule has 7 heteroatoms. The van der Waals surface area contributed by atoms with E-state index >= 15 is 0 Å². The zero-order valence-electron chi connectivity index (χ0n) is 16.5. The van der Waals surface area contributed by atoms with Crippen molar-refractivity contribution in [2.24, 2.45) is 0 Å². The number of rotatable bonds is 7. The lowest BCUT2D eigenvalue weighted by Crippen LogP contribution is -2.39. The Morgan fingerprint density at radius 2 is 2.07 bits per heavy atom. The quantitative estimate of drug-likeness (QED) is 0.663. The summed E-state index contributed by atoms with van der Waals surface area (Å²) < 4.78 is 13.8. The fourth-order valence-corrected chi connectivity index (χ4v) is 3.52. The van der Waals surface area contributed by atoms with E-state index in [1.165, 1.54) is 5.56 Å². The third-order valence-electron chi connectivity index (χ3n) is 5.08. The summed E-state index contributed by atoms with van der Waals surface area (Å²) in [6.07, 6.45) is 4.14.